The fourth-order valence-corrected chi connectivity index (χ4v) is 3.96. The summed E-state index contributed by atoms with van der Waals surface area (Å²) in [4.78, 5) is 15.4. The van der Waals surface area contributed by atoms with Crippen molar-refractivity contribution in [2.45, 2.75) is 19.8 Å². The first kappa shape index (κ1) is 19.0. The standard InChI is InChI=1S/C24H24N6O/c1-14-9-15-5-6-18(10-22(15)28-14)29-23-17(13-27-24(25)30-23)4-3-16-12-26-21-8-7-19(31-2)11-20(16)21/h5-13,26,28H,3-4H2,1-2H3,(H3,25,27,29,30). The van der Waals surface area contributed by atoms with Crippen LogP contribution in [0.3, 0.4) is 0 Å². The molecule has 0 unspecified atom stereocenters. The van der Waals surface area contributed by atoms with Gasteiger partial charge in [0, 0.05) is 45.8 Å². The van der Waals surface area contributed by atoms with E-state index >= 15 is 0 Å². The van der Waals surface area contributed by atoms with Crippen LogP contribution < -0.4 is 15.8 Å². The third-order valence-electron chi connectivity index (χ3n) is 5.54. The van der Waals surface area contributed by atoms with E-state index in [4.69, 9.17) is 10.5 Å². The van der Waals surface area contributed by atoms with Gasteiger partial charge in [-0.15, -0.1) is 0 Å². The molecular weight excluding hydrogens is 388 g/mol. The van der Waals surface area contributed by atoms with Gasteiger partial charge in [0.2, 0.25) is 5.95 Å². The smallest absolute Gasteiger partial charge is 0.221 e. The maximum absolute atomic E-state index is 5.88. The maximum atomic E-state index is 5.88. The number of fused-ring (bicyclic) bond motifs is 2. The number of ether oxygens (including phenoxy) is 1. The number of hydrogen-bond donors (Lipinski definition) is 4. The van der Waals surface area contributed by atoms with Gasteiger partial charge in [-0.2, -0.15) is 4.98 Å². The molecule has 0 aliphatic rings. The number of methoxy groups -OCH3 is 1. The Labute approximate surface area is 179 Å². The van der Waals surface area contributed by atoms with Crippen LogP contribution >= 0.6 is 0 Å². The monoisotopic (exact) mass is 412 g/mol. The molecule has 0 aliphatic carbocycles. The molecule has 5 aromatic rings. The zero-order chi connectivity index (χ0) is 21.4. The molecule has 2 aromatic carbocycles. The van der Waals surface area contributed by atoms with Crippen LogP contribution in [0.5, 0.6) is 5.75 Å². The van der Waals surface area contributed by atoms with E-state index in [0.717, 1.165) is 57.8 Å². The second kappa shape index (κ2) is 7.68. The number of nitrogens with zero attached hydrogens (tertiary/aromatic N) is 2. The molecule has 0 fully saturated rings. The molecular formula is C24H24N6O. The lowest BCUT2D eigenvalue weighted by Gasteiger charge is -2.11. The van der Waals surface area contributed by atoms with Crippen molar-refractivity contribution in [3.8, 4) is 5.75 Å². The van der Waals surface area contributed by atoms with Crippen molar-refractivity contribution < 1.29 is 4.74 Å². The van der Waals surface area contributed by atoms with Gasteiger partial charge in [0.05, 0.1) is 7.11 Å². The van der Waals surface area contributed by atoms with E-state index in [1.807, 2.05) is 18.2 Å². The zero-order valence-electron chi connectivity index (χ0n) is 17.5. The van der Waals surface area contributed by atoms with Gasteiger partial charge in [-0.3, -0.25) is 0 Å². The predicted octanol–water partition coefficient (Wildman–Crippen LogP) is 4.87. The Morgan fingerprint density at radius 1 is 1.03 bits per heavy atom. The average Bonchev–Trinajstić information content (AvgIpc) is 3.34. The topological polar surface area (TPSA) is 105 Å². The van der Waals surface area contributed by atoms with Crippen molar-refractivity contribution in [1.82, 2.24) is 19.9 Å². The molecule has 0 atom stereocenters. The van der Waals surface area contributed by atoms with Crippen molar-refractivity contribution >= 4 is 39.3 Å². The van der Waals surface area contributed by atoms with Crippen molar-refractivity contribution in [2.75, 3.05) is 18.2 Å². The maximum Gasteiger partial charge on any atom is 0.221 e. The van der Waals surface area contributed by atoms with Gasteiger partial charge in [-0.25, -0.2) is 4.98 Å². The molecule has 5 rings (SSSR count). The van der Waals surface area contributed by atoms with Crippen LogP contribution in [0.2, 0.25) is 0 Å². The average molecular weight is 412 g/mol. The molecule has 0 aliphatic heterocycles. The normalized spacial score (nSPS) is 11.3. The van der Waals surface area contributed by atoms with E-state index in [9.17, 15) is 0 Å². The highest BCUT2D eigenvalue weighted by atomic mass is 16.5. The van der Waals surface area contributed by atoms with Crippen LogP contribution in [0.25, 0.3) is 21.8 Å². The van der Waals surface area contributed by atoms with E-state index in [0.29, 0.717) is 0 Å². The molecule has 0 saturated carbocycles. The molecule has 0 spiro atoms. The zero-order valence-corrected chi connectivity index (χ0v) is 17.5. The first-order chi connectivity index (χ1) is 15.1. The van der Waals surface area contributed by atoms with Crippen molar-refractivity contribution in [3.63, 3.8) is 0 Å². The van der Waals surface area contributed by atoms with Gasteiger partial charge in [0.1, 0.15) is 11.6 Å². The largest absolute Gasteiger partial charge is 0.497 e. The lowest BCUT2D eigenvalue weighted by molar-refractivity contribution is 0.415. The number of aromatic amines is 2. The van der Waals surface area contributed by atoms with Crippen LogP contribution in [0.1, 0.15) is 16.8 Å². The molecule has 3 heterocycles. The third kappa shape index (κ3) is 3.77. The third-order valence-corrected chi connectivity index (χ3v) is 5.54. The van der Waals surface area contributed by atoms with Gasteiger partial charge in [-0.05, 0) is 67.1 Å². The molecule has 156 valence electrons. The van der Waals surface area contributed by atoms with E-state index in [1.54, 1.807) is 13.3 Å². The minimum Gasteiger partial charge on any atom is -0.497 e. The number of aryl methyl sites for hydroxylation is 3. The fraction of sp³-hybridized carbons (Fsp3) is 0.167. The lowest BCUT2D eigenvalue weighted by atomic mass is 10.0. The molecule has 7 nitrogen and oxygen atoms in total. The number of rotatable bonds is 6. The Morgan fingerprint density at radius 2 is 1.90 bits per heavy atom. The number of nitrogen functional groups attached to an aromatic ring is 1. The van der Waals surface area contributed by atoms with Crippen LogP contribution in [-0.2, 0) is 12.8 Å². The van der Waals surface area contributed by atoms with Gasteiger partial charge < -0.3 is 25.8 Å². The molecule has 0 radical (unpaired) electrons. The number of nitrogens with two attached hydrogens (primary N) is 1. The van der Waals surface area contributed by atoms with E-state index < -0.39 is 0 Å². The Balaban J connectivity index is 1.41. The Kier molecular flexibility index (Phi) is 4.71. The van der Waals surface area contributed by atoms with E-state index in [-0.39, 0.29) is 5.95 Å². The number of anilines is 3. The quantitative estimate of drug-likeness (QED) is 0.319. The van der Waals surface area contributed by atoms with Crippen LogP contribution in [0.15, 0.2) is 54.9 Å². The van der Waals surface area contributed by atoms with Crippen LogP contribution in [-0.4, -0.2) is 27.0 Å². The summed E-state index contributed by atoms with van der Waals surface area (Å²) in [7, 11) is 1.68. The van der Waals surface area contributed by atoms with E-state index in [1.165, 1.54) is 10.9 Å². The molecule has 0 saturated heterocycles. The molecule has 3 aromatic heterocycles. The highest BCUT2D eigenvalue weighted by Gasteiger charge is 2.11. The van der Waals surface area contributed by atoms with Crippen molar-refractivity contribution in [1.29, 1.82) is 0 Å². The summed E-state index contributed by atoms with van der Waals surface area (Å²) in [6.45, 7) is 2.05. The summed E-state index contributed by atoms with van der Waals surface area (Å²) >= 11 is 0. The molecule has 31 heavy (non-hydrogen) atoms. The Hall–Kier alpha value is -4.00. The Bertz CT molecular complexity index is 1380. The van der Waals surface area contributed by atoms with Crippen LogP contribution in [0.4, 0.5) is 17.5 Å². The second-order valence-electron chi connectivity index (χ2n) is 7.71. The first-order valence-corrected chi connectivity index (χ1v) is 10.2. The first-order valence-electron chi connectivity index (χ1n) is 10.2. The number of hydrogen-bond acceptors (Lipinski definition) is 5. The molecule has 0 bridgehead atoms. The lowest BCUT2D eigenvalue weighted by Crippen LogP contribution is -2.05. The highest BCUT2D eigenvalue weighted by molar-refractivity contribution is 5.85. The summed E-state index contributed by atoms with van der Waals surface area (Å²) in [6, 6.07) is 14.4. The van der Waals surface area contributed by atoms with Crippen LogP contribution in [0, 0.1) is 6.92 Å². The number of aromatic nitrogens is 4. The van der Waals surface area contributed by atoms with Gasteiger partial charge in [-0.1, -0.05) is 6.07 Å². The number of benzene rings is 2. The number of nitrogens with one attached hydrogen (secondary N) is 3. The predicted molar refractivity (Wildman–Crippen MR) is 125 cm³/mol. The van der Waals surface area contributed by atoms with Gasteiger partial charge in [0.15, 0.2) is 0 Å². The minimum absolute atomic E-state index is 0.250. The Morgan fingerprint density at radius 3 is 2.77 bits per heavy atom. The molecule has 7 heteroatoms. The van der Waals surface area contributed by atoms with Gasteiger partial charge in [0.25, 0.3) is 0 Å². The second-order valence-corrected chi connectivity index (χ2v) is 7.71. The summed E-state index contributed by atoms with van der Waals surface area (Å²) in [6.07, 6.45) is 5.47. The summed E-state index contributed by atoms with van der Waals surface area (Å²) in [5, 5.41) is 5.77. The molecule has 0 amide bonds. The minimum atomic E-state index is 0.250. The van der Waals surface area contributed by atoms with Gasteiger partial charge >= 0.3 is 0 Å². The summed E-state index contributed by atoms with van der Waals surface area (Å²) in [5.74, 6) is 1.83. The number of H-pyrrole nitrogens is 2. The SMILES string of the molecule is COc1ccc2[nH]cc(CCc3cnc(N)nc3Nc3ccc4cc(C)[nH]c4c3)c2c1. The van der Waals surface area contributed by atoms with E-state index in [2.05, 4.69) is 62.6 Å². The fourth-order valence-electron chi connectivity index (χ4n) is 3.96. The summed E-state index contributed by atoms with van der Waals surface area (Å²) < 4.78 is 5.38. The van der Waals surface area contributed by atoms with Crippen molar-refractivity contribution in [3.05, 3.63) is 71.7 Å². The summed E-state index contributed by atoms with van der Waals surface area (Å²) in [5.41, 5.74) is 12.4. The highest BCUT2D eigenvalue weighted by Crippen LogP contribution is 2.27. The molecule has 5 N–H and O–H groups in total. The van der Waals surface area contributed by atoms with Crippen molar-refractivity contribution in [2.24, 2.45) is 0 Å².